The minimum absolute atomic E-state index is 0.0913. The van der Waals surface area contributed by atoms with Gasteiger partial charge in [0.25, 0.3) is 5.91 Å². The molecule has 3 rings (SSSR count). The molecule has 0 aliphatic carbocycles. The molecule has 24 heavy (non-hydrogen) atoms. The highest BCUT2D eigenvalue weighted by molar-refractivity contribution is 7.07. The average Bonchev–Trinajstić information content (AvgIpc) is 3.05. The van der Waals surface area contributed by atoms with Gasteiger partial charge in [0.15, 0.2) is 0 Å². The van der Waals surface area contributed by atoms with Crippen LogP contribution < -0.4 is 4.74 Å². The molecule has 2 heterocycles. The van der Waals surface area contributed by atoms with Crippen molar-refractivity contribution >= 4 is 17.4 Å². The van der Waals surface area contributed by atoms with Crippen molar-refractivity contribution in [3.8, 4) is 5.75 Å². The molecule has 0 unspecified atom stereocenters. The Balaban J connectivity index is 1.57. The van der Waals surface area contributed by atoms with E-state index in [-0.39, 0.29) is 5.91 Å². The second-order valence-electron chi connectivity index (χ2n) is 6.34. The van der Waals surface area contributed by atoms with Crippen molar-refractivity contribution in [3.63, 3.8) is 0 Å². The molecule has 0 N–H and O–H groups in total. The number of amides is 1. The molecule has 0 saturated carbocycles. The lowest BCUT2D eigenvalue weighted by molar-refractivity contribution is 0.0672. The summed E-state index contributed by atoms with van der Waals surface area (Å²) in [4.78, 5) is 15.3. The molecule has 1 aromatic carbocycles. The number of carbonyl (C=O) groups is 1. The highest BCUT2D eigenvalue weighted by Gasteiger charge is 2.26. The number of rotatable bonds is 5. The second kappa shape index (κ2) is 7.75. The number of likely N-dealkylation sites (tertiary alicyclic amines) is 1. The summed E-state index contributed by atoms with van der Waals surface area (Å²) in [5.41, 5.74) is 2.03. The molecule has 128 valence electrons. The van der Waals surface area contributed by atoms with Crippen LogP contribution in [0.4, 0.5) is 0 Å². The summed E-state index contributed by atoms with van der Waals surface area (Å²) >= 11 is 1.20. The number of methoxy groups -OCH3 is 1. The molecular weight excluding hydrogens is 322 g/mol. The van der Waals surface area contributed by atoms with Gasteiger partial charge in [-0.3, -0.25) is 4.79 Å². The highest BCUT2D eigenvalue weighted by Crippen LogP contribution is 2.25. The number of hydrogen-bond acceptors (Lipinski definition) is 5. The topological polar surface area (TPSA) is 55.3 Å². The van der Waals surface area contributed by atoms with Gasteiger partial charge >= 0.3 is 0 Å². The van der Waals surface area contributed by atoms with Gasteiger partial charge in [0.2, 0.25) is 0 Å². The van der Waals surface area contributed by atoms with E-state index in [1.165, 1.54) is 23.5 Å². The smallest absolute Gasteiger partial charge is 0.267 e. The molecule has 1 aliphatic rings. The van der Waals surface area contributed by atoms with Crippen LogP contribution >= 0.6 is 11.5 Å². The van der Waals surface area contributed by atoms with Crippen LogP contribution in [0.2, 0.25) is 0 Å². The third-order valence-corrected chi connectivity index (χ3v) is 5.44. The van der Waals surface area contributed by atoms with Gasteiger partial charge in [0.05, 0.1) is 12.8 Å². The molecule has 0 bridgehead atoms. The zero-order valence-electron chi connectivity index (χ0n) is 14.2. The predicted molar refractivity (Wildman–Crippen MR) is 94.6 cm³/mol. The normalized spacial score (nSPS) is 17.8. The van der Waals surface area contributed by atoms with E-state index in [1.807, 2.05) is 24.0 Å². The summed E-state index contributed by atoms with van der Waals surface area (Å²) in [6.45, 7) is 3.52. The molecule has 0 radical (unpaired) electrons. The summed E-state index contributed by atoms with van der Waals surface area (Å²) < 4.78 is 9.17. The highest BCUT2D eigenvalue weighted by atomic mass is 32.1. The van der Waals surface area contributed by atoms with Gasteiger partial charge in [-0.15, -0.1) is 5.10 Å². The first-order valence-electron chi connectivity index (χ1n) is 8.38. The first-order valence-corrected chi connectivity index (χ1v) is 9.16. The Kier molecular flexibility index (Phi) is 5.45. The Labute approximate surface area is 146 Å². The van der Waals surface area contributed by atoms with E-state index in [2.05, 4.69) is 21.7 Å². The first kappa shape index (κ1) is 16.9. The fourth-order valence-corrected chi connectivity index (χ4v) is 3.88. The Morgan fingerprint density at radius 2 is 2.33 bits per heavy atom. The SMILES string of the molecule is COc1cccc(CC[C@H]2CCCN(C(=O)c3snnc3C)C2)c1. The van der Waals surface area contributed by atoms with Crippen molar-refractivity contribution in [2.75, 3.05) is 20.2 Å². The van der Waals surface area contributed by atoms with Crippen molar-refractivity contribution in [3.05, 3.63) is 40.4 Å². The zero-order chi connectivity index (χ0) is 16.9. The molecule has 0 spiro atoms. The van der Waals surface area contributed by atoms with Crippen LogP contribution in [0.3, 0.4) is 0 Å². The number of hydrogen-bond donors (Lipinski definition) is 0. The predicted octanol–water partition coefficient (Wildman–Crippen LogP) is 3.34. The molecule has 5 nitrogen and oxygen atoms in total. The Morgan fingerprint density at radius 1 is 1.46 bits per heavy atom. The maximum Gasteiger partial charge on any atom is 0.267 e. The van der Waals surface area contributed by atoms with E-state index < -0.39 is 0 Å². The van der Waals surface area contributed by atoms with Crippen molar-refractivity contribution < 1.29 is 9.53 Å². The van der Waals surface area contributed by atoms with Gasteiger partial charge in [-0.1, -0.05) is 16.6 Å². The van der Waals surface area contributed by atoms with E-state index in [1.54, 1.807) is 7.11 Å². The fourth-order valence-electron chi connectivity index (χ4n) is 3.26. The Bertz CT molecular complexity index is 701. The van der Waals surface area contributed by atoms with Gasteiger partial charge in [0, 0.05) is 13.1 Å². The molecule has 1 saturated heterocycles. The van der Waals surface area contributed by atoms with Gasteiger partial charge in [-0.05, 0) is 67.8 Å². The third kappa shape index (κ3) is 3.93. The Morgan fingerprint density at radius 3 is 3.08 bits per heavy atom. The lowest BCUT2D eigenvalue weighted by atomic mass is 9.91. The van der Waals surface area contributed by atoms with E-state index in [0.29, 0.717) is 10.8 Å². The van der Waals surface area contributed by atoms with Gasteiger partial charge in [0.1, 0.15) is 10.6 Å². The largest absolute Gasteiger partial charge is 0.497 e. The maximum atomic E-state index is 12.6. The summed E-state index contributed by atoms with van der Waals surface area (Å²) in [5.74, 6) is 1.55. The van der Waals surface area contributed by atoms with Crippen LogP contribution in [0, 0.1) is 12.8 Å². The zero-order valence-corrected chi connectivity index (χ0v) is 15.0. The molecule has 2 aromatic rings. The van der Waals surface area contributed by atoms with E-state index in [0.717, 1.165) is 43.8 Å². The number of ether oxygens (including phenoxy) is 1. The Hall–Kier alpha value is -1.95. The molecule has 1 fully saturated rings. The number of nitrogens with zero attached hydrogens (tertiary/aromatic N) is 3. The van der Waals surface area contributed by atoms with Crippen molar-refractivity contribution in [2.24, 2.45) is 5.92 Å². The summed E-state index contributed by atoms with van der Waals surface area (Å²) in [6, 6.07) is 8.24. The molecule has 6 heteroatoms. The summed E-state index contributed by atoms with van der Waals surface area (Å²) in [5, 5.41) is 3.95. The van der Waals surface area contributed by atoms with E-state index in [4.69, 9.17) is 4.74 Å². The van der Waals surface area contributed by atoms with Gasteiger partial charge in [-0.25, -0.2) is 0 Å². The number of aryl methyl sites for hydroxylation is 2. The van der Waals surface area contributed by atoms with Gasteiger partial charge in [-0.2, -0.15) is 0 Å². The third-order valence-electron chi connectivity index (χ3n) is 4.63. The van der Waals surface area contributed by atoms with Crippen LogP contribution in [-0.2, 0) is 6.42 Å². The minimum atomic E-state index is 0.0913. The second-order valence-corrected chi connectivity index (χ2v) is 7.09. The van der Waals surface area contributed by atoms with Crippen LogP contribution in [0.15, 0.2) is 24.3 Å². The molecule has 1 aromatic heterocycles. The summed E-state index contributed by atoms with van der Waals surface area (Å²) in [7, 11) is 1.69. The number of aromatic nitrogens is 2. The number of benzene rings is 1. The van der Waals surface area contributed by atoms with Crippen LogP contribution in [0.5, 0.6) is 5.75 Å². The molecule has 1 atom stereocenters. The minimum Gasteiger partial charge on any atom is -0.497 e. The fraction of sp³-hybridized carbons (Fsp3) is 0.500. The van der Waals surface area contributed by atoms with Crippen molar-refractivity contribution in [1.82, 2.24) is 14.5 Å². The van der Waals surface area contributed by atoms with Gasteiger partial charge < -0.3 is 9.64 Å². The van der Waals surface area contributed by atoms with Crippen LogP contribution in [-0.4, -0.2) is 40.6 Å². The first-order chi connectivity index (χ1) is 11.7. The van der Waals surface area contributed by atoms with E-state index >= 15 is 0 Å². The van der Waals surface area contributed by atoms with Crippen LogP contribution in [0.1, 0.15) is 40.2 Å². The van der Waals surface area contributed by atoms with E-state index in [9.17, 15) is 4.79 Å². The standard InChI is InChI=1S/C18H23N3O2S/c1-13-17(24-20-19-13)18(22)21-10-4-6-15(12-21)9-8-14-5-3-7-16(11-14)23-2/h3,5,7,11,15H,4,6,8-10,12H2,1-2H3/t15-/m1/s1. The molecule has 1 amide bonds. The van der Waals surface area contributed by atoms with Crippen molar-refractivity contribution in [1.29, 1.82) is 0 Å². The van der Waals surface area contributed by atoms with Crippen molar-refractivity contribution in [2.45, 2.75) is 32.6 Å². The monoisotopic (exact) mass is 345 g/mol. The average molecular weight is 345 g/mol. The lowest BCUT2D eigenvalue weighted by Gasteiger charge is -2.32. The molecule has 1 aliphatic heterocycles. The summed E-state index contributed by atoms with van der Waals surface area (Å²) in [6.07, 6.45) is 4.37. The maximum absolute atomic E-state index is 12.6. The quantitative estimate of drug-likeness (QED) is 0.834. The molecular formula is C18H23N3O2S. The van der Waals surface area contributed by atoms with Crippen LogP contribution in [0.25, 0.3) is 0 Å². The number of carbonyl (C=O) groups excluding carboxylic acids is 1. The lowest BCUT2D eigenvalue weighted by Crippen LogP contribution is -2.40. The number of piperidine rings is 1.